The van der Waals surface area contributed by atoms with Gasteiger partial charge in [-0.25, -0.2) is 4.98 Å². The van der Waals surface area contributed by atoms with E-state index in [1.807, 2.05) is 61.5 Å². The maximum absolute atomic E-state index is 12.6. The number of hydrogen-bond donors (Lipinski definition) is 1. The van der Waals surface area contributed by atoms with Crippen LogP contribution in [0, 0.1) is 0 Å². The highest BCUT2D eigenvalue weighted by Gasteiger charge is 2.18. The summed E-state index contributed by atoms with van der Waals surface area (Å²) in [6, 6.07) is 26.4. The molecule has 4 nitrogen and oxygen atoms in total. The molecular weight excluding hydrogens is 394 g/mol. The first-order chi connectivity index (χ1) is 15.5. The van der Waals surface area contributed by atoms with Gasteiger partial charge in [-0.15, -0.1) is 0 Å². The Morgan fingerprint density at radius 1 is 0.938 bits per heavy atom. The van der Waals surface area contributed by atoms with Crippen molar-refractivity contribution in [1.29, 1.82) is 0 Å². The number of carbonyl (C=O) groups excluding carboxylic acids is 1. The summed E-state index contributed by atoms with van der Waals surface area (Å²) >= 11 is 0. The van der Waals surface area contributed by atoms with Gasteiger partial charge in [0.15, 0.2) is 0 Å². The summed E-state index contributed by atoms with van der Waals surface area (Å²) in [4.78, 5) is 17.4. The quantitative estimate of drug-likeness (QED) is 0.365. The predicted molar refractivity (Wildman–Crippen MR) is 131 cm³/mol. The maximum atomic E-state index is 12.6. The first-order valence-electron chi connectivity index (χ1n) is 11.1. The fraction of sp³-hybridized carbons (Fsp3) is 0.214. The standard InChI is InChI=1S/C28H29N3O/c1-20(2)24-16-13-23(14-17-24)19-31-26-12-8-7-11-25(26)30-28(31)21(3)29-27(32)18-15-22-9-5-4-6-10-22/h4-18,20-21H,19H2,1-3H3,(H,29,32)/b18-15-. The lowest BCUT2D eigenvalue weighted by Gasteiger charge is -2.16. The van der Waals surface area contributed by atoms with Crippen LogP contribution in [0.15, 0.2) is 84.9 Å². The van der Waals surface area contributed by atoms with Gasteiger partial charge in [0.05, 0.1) is 17.1 Å². The second kappa shape index (κ2) is 9.65. The third-order valence-electron chi connectivity index (χ3n) is 5.64. The summed E-state index contributed by atoms with van der Waals surface area (Å²) in [6.07, 6.45) is 3.39. The number of nitrogens with one attached hydrogen (secondary N) is 1. The minimum atomic E-state index is -0.231. The Balaban J connectivity index is 1.57. The van der Waals surface area contributed by atoms with Crippen molar-refractivity contribution in [3.05, 3.63) is 107 Å². The second-order valence-corrected chi connectivity index (χ2v) is 8.42. The van der Waals surface area contributed by atoms with Gasteiger partial charge >= 0.3 is 0 Å². The highest BCUT2D eigenvalue weighted by molar-refractivity contribution is 5.92. The van der Waals surface area contributed by atoms with E-state index in [0.717, 1.165) is 22.4 Å². The molecule has 0 aliphatic rings. The Hall–Kier alpha value is -3.66. The van der Waals surface area contributed by atoms with E-state index >= 15 is 0 Å². The van der Waals surface area contributed by atoms with Crippen LogP contribution in [0.25, 0.3) is 17.1 Å². The summed E-state index contributed by atoms with van der Waals surface area (Å²) in [5.41, 5.74) is 5.53. The zero-order valence-corrected chi connectivity index (χ0v) is 18.8. The molecule has 1 heterocycles. The van der Waals surface area contributed by atoms with Crippen LogP contribution < -0.4 is 5.32 Å². The summed E-state index contributed by atoms with van der Waals surface area (Å²) in [5, 5.41) is 3.07. The molecule has 0 saturated heterocycles. The van der Waals surface area contributed by atoms with Gasteiger partial charge in [-0.2, -0.15) is 0 Å². The number of imidazole rings is 1. The van der Waals surface area contributed by atoms with Crippen LogP contribution in [0.3, 0.4) is 0 Å². The molecule has 3 aromatic carbocycles. The molecule has 0 bridgehead atoms. The van der Waals surface area contributed by atoms with Crippen molar-refractivity contribution in [3.8, 4) is 0 Å². The molecule has 162 valence electrons. The van der Waals surface area contributed by atoms with E-state index in [1.165, 1.54) is 11.1 Å². The first kappa shape index (κ1) is 21.6. The van der Waals surface area contributed by atoms with Crippen molar-refractivity contribution < 1.29 is 4.79 Å². The Kier molecular flexibility index (Phi) is 6.50. The number of hydrogen-bond acceptors (Lipinski definition) is 2. The van der Waals surface area contributed by atoms with E-state index < -0.39 is 0 Å². The molecule has 0 fully saturated rings. The highest BCUT2D eigenvalue weighted by atomic mass is 16.1. The fourth-order valence-electron chi connectivity index (χ4n) is 3.84. The van der Waals surface area contributed by atoms with Crippen LogP contribution in [0.4, 0.5) is 0 Å². The minimum Gasteiger partial charge on any atom is -0.343 e. The summed E-state index contributed by atoms with van der Waals surface area (Å²) in [6.45, 7) is 7.09. The van der Waals surface area contributed by atoms with E-state index in [4.69, 9.17) is 4.98 Å². The Morgan fingerprint density at radius 2 is 1.62 bits per heavy atom. The lowest BCUT2D eigenvalue weighted by Crippen LogP contribution is -2.27. The van der Waals surface area contributed by atoms with Crippen LogP contribution >= 0.6 is 0 Å². The van der Waals surface area contributed by atoms with Gasteiger partial charge in [-0.1, -0.05) is 80.6 Å². The van der Waals surface area contributed by atoms with Crippen molar-refractivity contribution in [2.45, 2.75) is 39.3 Å². The molecule has 1 unspecified atom stereocenters. The fourth-order valence-corrected chi connectivity index (χ4v) is 3.84. The number of benzene rings is 3. The molecule has 4 heteroatoms. The number of rotatable bonds is 7. The maximum Gasteiger partial charge on any atom is 0.244 e. The Labute approximate surface area is 189 Å². The highest BCUT2D eigenvalue weighted by Crippen LogP contribution is 2.23. The van der Waals surface area contributed by atoms with Crippen molar-refractivity contribution in [3.63, 3.8) is 0 Å². The SMILES string of the molecule is CC(C)c1ccc(Cn2c(C(C)NC(=O)/C=C\c3ccccc3)nc3ccccc32)cc1. The zero-order valence-electron chi connectivity index (χ0n) is 18.8. The summed E-state index contributed by atoms with van der Waals surface area (Å²) in [5.74, 6) is 1.22. The molecule has 32 heavy (non-hydrogen) atoms. The number of fused-ring (bicyclic) bond motifs is 1. The van der Waals surface area contributed by atoms with Crippen molar-refractivity contribution in [1.82, 2.24) is 14.9 Å². The normalized spacial score (nSPS) is 12.5. The average Bonchev–Trinajstić information content (AvgIpc) is 3.17. The summed E-state index contributed by atoms with van der Waals surface area (Å²) in [7, 11) is 0. The minimum absolute atomic E-state index is 0.138. The van der Waals surface area contributed by atoms with Crippen LogP contribution in [0.2, 0.25) is 0 Å². The molecule has 4 rings (SSSR count). The van der Waals surface area contributed by atoms with Gasteiger partial charge in [0, 0.05) is 12.6 Å². The van der Waals surface area contributed by atoms with Crippen LogP contribution in [0.5, 0.6) is 0 Å². The molecular formula is C28H29N3O. The van der Waals surface area contributed by atoms with Gasteiger partial charge in [0.2, 0.25) is 5.91 Å². The predicted octanol–water partition coefficient (Wildman–Crippen LogP) is 6.10. The molecule has 0 aliphatic carbocycles. The molecule has 1 atom stereocenters. The number of nitrogens with zero attached hydrogens (tertiary/aromatic N) is 2. The average molecular weight is 424 g/mol. The molecule has 4 aromatic rings. The Morgan fingerprint density at radius 3 is 2.34 bits per heavy atom. The van der Waals surface area contributed by atoms with Crippen LogP contribution in [-0.4, -0.2) is 15.5 Å². The second-order valence-electron chi connectivity index (χ2n) is 8.42. The topological polar surface area (TPSA) is 46.9 Å². The first-order valence-corrected chi connectivity index (χ1v) is 11.1. The van der Waals surface area contributed by atoms with Crippen molar-refractivity contribution >= 4 is 23.0 Å². The zero-order chi connectivity index (χ0) is 22.5. The number of carbonyl (C=O) groups is 1. The Bertz CT molecular complexity index is 1220. The van der Waals surface area contributed by atoms with Crippen LogP contribution in [-0.2, 0) is 11.3 Å². The largest absolute Gasteiger partial charge is 0.343 e. The lowest BCUT2D eigenvalue weighted by atomic mass is 10.0. The van der Waals surface area contributed by atoms with Gasteiger partial charge in [-0.3, -0.25) is 4.79 Å². The molecule has 1 amide bonds. The van der Waals surface area contributed by atoms with Crippen molar-refractivity contribution in [2.75, 3.05) is 0 Å². The number of aromatic nitrogens is 2. The van der Waals surface area contributed by atoms with E-state index in [1.54, 1.807) is 6.08 Å². The number of amides is 1. The number of para-hydroxylation sites is 2. The van der Waals surface area contributed by atoms with E-state index in [9.17, 15) is 4.79 Å². The smallest absolute Gasteiger partial charge is 0.244 e. The monoisotopic (exact) mass is 423 g/mol. The van der Waals surface area contributed by atoms with Crippen LogP contribution in [0.1, 0.15) is 55.2 Å². The van der Waals surface area contributed by atoms with Crippen molar-refractivity contribution in [2.24, 2.45) is 0 Å². The van der Waals surface area contributed by atoms with E-state index in [0.29, 0.717) is 12.5 Å². The third-order valence-corrected chi connectivity index (χ3v) is 5.64. The van der Waals surface area contributed by atoms with Gasteiger partial charge in [-0.05, 0) is 47.7 Å². The molecule has 1 aromatic heterocycles. The third kappa shape index (κ3) is 4.97. The molecule has 0 spiro atoms. The molecule has 0 aliphatic heterocycles. The van der Waals surface area contributed by atoms with E-state index in [2.05, 4.69) is 54.1 Å². The van der Waals surface area contributed by atoms with Gasteiger partial charge in [0.1, 0.15) is 5.82 Å². The van der Waals surface area contributed by atoms with E-state index in [-0.39, 0.29) is 11.9 Å². The van der Waals surface area contributed by atoms with Gasteiger partial charge < -0.3 is 9.88 Å². The van der Waals surface area contributed by atoms with Gasteiger partial charge in [0.25, 0.3) is 0 Å². The summed E-state index contributed by atoms with van der Waals surface area (Å²) < 4.78 is 2.20. The molecule has 0 saturated carbocycles. The lowest BCUT2D eigenvalue weighted by molar-refractivity contribution is -0.117. The molecule has 1 N–H and O–H groups in total. The molecule has 0 radical (unpaired) electrons.